The molecule has 0 saturated heterocycles. The van der Waals surface area contributed by atoms with Crippen LogP contribution in [0, 0.1) is 16.7 Å². The van der Waals surface area contributed by atoms with Gasteiger partial charge < -0.3 is 5.11 Å². The summed E-state index contributed by atoms with van der Waals surface area (Å²) < 4.78 is 0. The summed E-state index contributed by atoms with van der Waals surface area (Å²) in [6, 6.07) is 0. The van der Waals surface area contributed by atoms with E-state index in [1.165, 1.54) is 0 Å². The second-order valence-electron chi connectivity index (χ2n) is 6.06. The molecule has 2 fully saturated rings. The van der Waals surface area contributed by atoms with E-state index in [0.29, 0.717) is 30.1 Å². The number of ketones is 1. The predicted octanol–water partition coefficient (Wildman–Crippen LogP) is 2.80. The molecule has 0 spiro atoms. The molecule has 1 N–H and O–H groups in total. The molecule has 2 rings (SSSR count). The fourth-order valence-electron chi connectivity index (χ4n) is 3.66. The van der Waals surface area contributed by atoms with Gasteiger partial charge in [-0.3, -0.25) is 4.79 Å². The van der Waals surface area contributed by atoms with E-state index in [0.717, 1.165) is 12.8 Å². The van der Waals surface area contributed by atoms with E-state index in [2.05, 4.69) is 13.8 Å². The second kappa shape index (κ2) is 3.69. The van der Waals surface area contributed by atoms with Gasteiger partial charge in [0.1, 0.15) is 5.78 Å². The number of allylic oxidation sites excluding steroid dienone is 1. The second-order valence-corrected chi connectivity index (χ2v) is 6.06. The Balaban J connectivity index is 2.27. The van der Waals surface area contributed by atoms with E-state index >= 15 is 0 Å². The van der Waals surface area contributed by atoms with E-state index in [9.17, 15) is 9.59 Å². The van der Waals surface area contributed by atoms with Gasteiger partial charge in [-0.2, -0.15) is 0 Å². The van der Waals surface area contributed by atoms with Crippen LogP contribution >= 0.6 is 0 Å². The SMILES string of the molecule is CC(=CCC12CCC(CC1=O)C2(C)C)C(=O)O. The average molecular weight is 236 g/mol. The molecular weight excluding hydrogens is 216 g/mol. The maximum Gasteiger partial charge on any atom is 0.330 e. The van der Waals surface area contributed by atoms with Gasteiger partial charge in [0, 0.05) is 17.4 Å². The van der Waals surface area contributed by atoms with Gasteiger partial charge in [-0.25, -0.2) is 4.79 Å². The third kappa shape index (κ3) is 1.55. The van der Waals surface area contributed by atoms with E-state index in [1.54, 1.807) is 13.0 Å². The Morgan fingerprint density at radius 1 is 1.53 bits per heavy atom. The molecule has 2 unspecified atom stereocenters. The summed E-state index contributed by atoms with van der Waals surface area (Å²) in [6.45, 7) is 5.93. The minimum Gasteiger partial charge on any atom is -0.478 e. The minimum atomic E-state index is -0.890. The highest BCUT2D eigenvalue weighted by molar-refractivity contribution is 5.90. The monoisotopic (exact) mass is 236 g/mol. The summed E-state index contributed by atoms with van der Waals surface area (Å²) in [7, 11) is 0. The summed E-state index contributed by atoms with van der Waals surface area (Å²) in [5.74, 6) is -0.0547. The molecule has 2 saturated carbocycles. The Morgan fingerprint density at radius 2 is 2.18 bits per heavy atom. The lowest BCUT2D eigenvalue weighted by Gasteiger charge is -2.35. The topological polar surface area (TPSA) is 54.4 Å². The highest BCUT2D eigenvalue weighted by Gasteiger charge is 2.63. The van der Waals surface area contributed by atoms with E-state index < -0.39 is 5.97 Å². The molecule has 0 aromatic carbocycles. The number of hydrogen-bond donors (Lipinski definition) is 1. The van der Waals surface area contributed by atoms with Crippen LogP contribution in [0.5, 0.6) is 0 Å². The van der Waals surface area contributed by atoms with Crippen LogP contribution < -0.4 is 0 Å². The van der Waals surface area contributed by atoms with Gasteiger partial charge in [-0.15, -0.1) is 0 Å². The van der Waals surface area contributed by atoms with Crippen LogP contribution in [-0.4, -0.2) is 16.9 Å². The van der Waals surface area contributed by atoms with Gasteiger partial charge in [0.25, 0.3) is 0 Å². The smallest absolute Gasteiger partial charge is 0.330 e. The maximum absolute atomic E-state index is 12.2. The van der Waals surface area contributed by atoms with E-state index in [1.807, 2.05) is 0 Å². The van der Waals surface area contributed by atoms with Crippen molar-refractivity contribution in [2.45, 2.75) is 46.5 Å². The van der Waals surface area contributed by atoms with Gasteiger partial charge in [0.15, 0.2) is 0 Å². The molecule has 94 valence electrons. The normalized spacial score (nSPS) is 35.4. The first-order valence-corrected chi connectivity index (χ1v) is 6.24. The standard InChI is InChI=1S/C14H20O3/c1-9(12(16)17)4-6-14-7-5-10(8-11(14)15)13(14,2)3/h4,10H,5-8H2,1-3H3,(H,16,17). The molecule has 0 heterocycles. The van der Waals surface area contributed by atoms with Crippen LogP contribution in [0.3, 0.4) is 0 Å². The van der Waals surface area contributed by atoms with Gasteiger partial charge >= 0.3 is 5.97 Å². The fourth-order valence-corrected chi connectivity index (χ4v) is 3.66. The summed E-state index contributed by atoms with van der Waals surface area (Å²) in [5.41, 5.74) is 0.0756. The van der Waals surface area contributed by atoms with Crippen LogP contribution in [0.15, 0.2) is 11.6 Å². The van der Waals surface area contributed by atoms with Gasteiger partial charge in [0.05, 0.1) is 0 Å². The Kier molecular flexibility index (Phi) is 2.68. The van der Waals surface area contributed by atoms with Crippen LogP contribution in [0.4, 0.5) is 0 Å². The van der Waals surface area contributed by atoms with Crippen LogP contribution in [0.25, 0.3) is 0 Å². The average Bonchev–Trinajstić information content (AvgIpc) is 2.59. The molecule has 2 aliphatic rings. The Bertz CT molecular complexity index is 406. The van der Waals surface area contributed by atoms with Gasteiger partial charge in [0.2, 0.25) is 0 Å². The first-order chi connectivity index (χ1) is 7.81. The molecule has 0 radical (unpaired) electrons. The van der Waals surface area contributed by atoms with Crippen molar-refractivity contribution in [3.63, 3.8) is 0 Å². The van der Waals surface area contributed by atoms with Crippen molar-refractivity contribution in [1.82, 2.24) is 0 Å². The number of carboxylic acids is 1. The zero-order valence-corrected chi connectivity index (χ0v) is 10.7. The third-order valence-corrected chi connectivity index (χ3v) is 5.23. The Hall–Kier alpha value is -1.12. The van der Waals surface area contributed by atoms with Crippen LogP contribution in [0.1, 0.15) is 46.5 Å². The van der Waals surface area contributed by atoms with Crippen LogP contribution in [0.2, 0.25) is 0 Å². The van der Waals surface area contributed by atoms with Crippen molar-refractivity contribution >= 4 is 11.8 Å². The largest absolute Gasteiger partial charge is 0.478 e. The first-order valence-electron chi connectivity index (χ1n) is 6.24. The molecule has 3 nitrogen and oxygen atoms in total. The molecule has 0 amide bonds. The maximum atomic E-state index is 12.2. The number of Topliss-reactive ketones (excluding diaryl/α,β-unsaturated/α-hetero) is 1. The summed E-state index contributed by atoms with van der Waals surface area (Å²) in [6.07, 6.45) is 5.04. The molecular formula is C14H20O3. The zero-order chi connectivity index (χ0) is 12.8. The molecule has 0 aromatic heterocycles. The Labute approximate surface area is 102 Å². The van der Waals surface area contributed by atoms with Crippen molar-refractivity contribution in [1.29, 1.82) is 0 Å². The van der Waals surface area contributed by atoms with Crippen molar-refractivity contribution < 1.29 is 14.7 Å². The lowest BCUT2D eigenvalue weighted by molar-refractivity contribution is -0.133. The molecule has 17 heavy (non-hydrogen) atoms. The van der Waals surface area contributed by atoms with Crippen LogP contribution in [-0.2, 0) is 9.59 Å². The fraction of sp³-hybridized carbons (Fsp3) is 0.714. The zero-order valence-electron chi connectivity index (χ0n) is 10.7. The molecule has 2 atom stereocenters. The number of carbonyl (C=O) groups excluding carboxylic acids is 1. The quantitative estimate of drug-likeness (QED) is 0.766. The minimum absolute atomic E-state index is 0.0271. The predicted molar refractivity (Wildman–Crippen MR) is 64.6 cm³/mol. The Morgan fingerprint density at radius 3 is 2.59 bits per heavy atom. The highest BCUT2D eigenvalue weighted by atomic mass is 16.4. The first kappa shape index (κ1) is 12.3. The number of aliphatic carboxylic acids is 1. The van der Waals surface area contributed by atoms with E-state index in [-0.39, 0.29) is 10.8 Å². The molecule has 3 heteroatoms. The number of carbonyl (C=O) groups is 2. The summed E-state index contributed by atoms with van der Waals surface area (Å²) >= 11 is 0. The van der Waals surface area contributed by atoms with Crippen molar-refractivity contribution in [3.05, 3.63) is 11.6 Å². The molecule has 2 bridgehead atoms. The number of fused-ring (bicyclic) bond motifs is 2. The van der Waals surface area contributed by atoms with Crippen molar-refractivity contribution in [2.75, 3.05) is 0 Å². The highest BCUT2D eigenvalue weighted by Crippen LogP contribution is 2.65. The molecule has 2 aliphatic carbocycles. The third-order valence-electron chi connectivity index (χ3n) is 5.23. The summed E-state index contributed by atoms with van der Waals surface area (Å²) in [4.78, 5) is 23.0. The van der Waals surface area contributed by atoms with Crippen molar-refractivity contribution in [3.8, 4) is 0 Å². The lowest BCUT2D eigenvalue weighted by Crippen LogP contribution is -2.35. The van der Waals surface area contributed by atoms with Gasteiger partial charge in [-0.1, -0.05) is 19.9 Å². The molecule has 0 aromatic rings. The number of hydrogen-bond acceptors (Lipinski definition) is 2. The molecule has 0 aliphatic heterocycles. The summed E-state index contributed by atoms with van der Waals surface area (Å²) in [5, 5.41) is 8.87. The van der Waals surface area contributed by atoms with Gasteiger partial charge in [-0.05, 0) is 37.5 Å². The van der Waals surface area contributed by atoms with E-state index in [4.69, 9.17) is 5.11 Å². The number of rotatable bonds is 3. The lowest BCUT2D eigenvalue weighted by atomic mass is 9.67. The number of carboxylic acid groups (broad SMARTS) is 1. The van der Waals surface area contributed by atoms with Crippen molar-refractivity contribution in [2.24, 2.45) is 16.7 Å².